The van der Waals surface area contributed by atoms with Crippen LogP contribution in [-0.2, 0) is 14.8 Å². The van der Waals surface area contributed by atoms with Crippen LogP contribution in [0.1, 0.15) is 17.9 Å². The van der Waals surface area contributed by atoms with Gasteiger partial charge in [-0.2, -0.15) is 0 Å². The molecular formula is C25H20ClN3O4S. The average Bonchev–Trinajstić information content (AvgIpc) is 3.21. The lowest BCUT2D eigenvalue weighted by molar-refractivity contribution is -0.117. The average molecular weight is 494 g/mol. The van der Waals surface area contributed by atoms with Gasteiger partial charge in [0.2, 0.25) is 15.9 Å². The van der Waals surface area contributed by atoms with Crippen LogP contribution in [0.4, 0.5) is 5.69 Å². The van der Waals surface area contributed by atoms with E-state index in [4.69, 9.17) is 21.5 Å². The zero-order valence-corrected chi connectivity index (χ0v) is 19.5. The number of hydrogen-bond donors (Lipinski definition) is 1. The molecule has 0 spiro atoms. The molecular weight excluding hydrogens is 474 g/mol. The number of carbonyl (C=O) groups excluding carboxylic acids is 1. The summed E-state index contributed by atoms with van der Waals surface area (Å²) in [6.45, 7) is 0.455. The van der Waals surface area contributed by atoms with Crippen LogP contribution in [0.5, 0.6) is 11.5 Å². The number of rotatable bonds is 5. The Kier molecular flexibility index (Phi) is 5.73. The Hall–Kier alpha value is -3.46. The molecule has 1 aliphatic heterocycles. The highest BCUT2D eigenvalue weighted by Crippen LogP contribution is 2.37. The summed E-state index contributed by atoms with van der Waals surface area (Å²) in [5.41, 5.74) is 2.42. The molecule has 9 heteroatoms. The molecule has 1 atom stereocenters. The second-order valence-electron chi connectivity index (χ2n) is 8.09. The van der Waals surface area contributed by atoms with Gasteiger partial charge in [0.25, 0.3) is 0 Å². The number of ether oxygens (including phenoxy) is 1. The van der Waals surface area contributed by atoms with Gasteiger partial charge in [-0.15, -0.1) is 0 Å². The van der Waals surface area contributed by atoms with E-state index in [-0.39, 0.29) is 16.7 Å². The molecule has 0 unspecified atom stereocenters. The van der Waals surface area contributed by atoms with E-state index in [1.807, 2.05) is 42.5 Å². The molecule has 34 heavy (non-hydrogen) atoms. The summed E-state index contributed by atoms with van der Waals surface area (Å²) in [7, 11) is -3.79. The maximum absolute atomic E-state index is 12.7. The molecule has 1 aliphatic rings. The summed E-state index contributed by atoms with van der Waals surface area (Å²) in [6, 6.07) is 21.0. The van der Waals surface area contributed by atoms with Crippen molar-refractivity contribution in [3.05, 3.63) is 89.6 Å². The topological polar surface area (TPSA) is 103 Å². The monoisotopic (exact) mass is 493 g/mol. The third-order valence-corrected chi connectivity index (χ3v) is 7.07. The number of sulfonamides is 1. The molecule has 4 aromatic rings. The largest absolute Gasteiger partial charge is 0.456 e. The van der Waals surface area contributed by atoms with Gasteiger partial charge >= 0.3 is 0 Å². The number of fused-ring (bicyclic) bond motifs is 1. The SMILES string of the molecule is NS(=O)(=O)c1ccc(N2C[C@@H](c3ccc(Cl)c(Oc4ccc5ncccc5c4)c3)CC2=O)cc1. The number of benzene rings is 3. The first-order chi connectivity index (χ1) is 16.3. The highest BCUT2D eigenvalue weighted by molar-refractivity contribution is 7.89. The molecule has 3 aromatic carbocycles. The summed E-state index contributed by atoms with van der Waals surface area (Å²) in [6.07, 6.45) is 2.06. The Morgan fingerprint density at radius 3 is 2.59 bits per heavy atom. The number of nitrogens with two attached hydrogens (primary N) is 1. The van der Waals surface area contributed by atoms with E-state index in [9.17, 15) is 13.2 Å². The minimum atomic E-state index is -3.79. The molecule has 1 aromatic heterocycles. The van der Waals surface area contributed by atoms with Gasteiger partial charge in [-0.1, -0.05) is 23.7 Å². The number of pyridine rings is 1. The van der Waals surface area contributed by atoms with Crippen molar-refractivity contribution >= 4 is 44.1 Å². The van der Waals surface area contributed by atoms with E-state index in [1.54, 1.807) is 29.3 Å². The third-order valence-electron chi connectivity index (χ3n) is 5.83. The number of anilines is 1. The lowest BCUT2D eigenvalue weighted by Crippen LogP contribution is -2.24. The van der Waals surface area contributed by atoms with Gasteiger partial charge in [0, 0.05) is 36.2 Å². The van der Waals surface area contributed by atoms with Crippen molar-refractivity contribution in [2.75, 3.05) is 11.4 Å². The van der Waals surface area contributed by atoms with Crippen molar-refractivity contribution in [2.45, 2.75) is 17.2 Å². The van der Waals surface area contributed by atoms with Gasteiger partial charge < -0.3 is 9.64 Å². The molecule has 172 valence electrons. The van der Waals surface area contributed by atoms with Crippen LogP contribution in [0, 0.1) is 0 Å². The van der Waals surface area contributed by atoms with Crippen molar-refractivity contribution in [1.82, 2.24) is 4.98 Å². The molecule has 0 saturated carbocycles. The number of hydrogen-bond acceptors (Lipinski definition) is 5. The van der Waals surface area contributed by atoms with Crippen molar-refractivity contribution in [3.63, 3.8) is 0 Å². The smallest absolute Gasteiger partial charge is 0.238 e. The van der Waals surface area contributed by atoms with Crippen molar-refractivity contribution < 1.29 is 17.9 Å². The van der Waals surface area contributed by atoms with Crippen LogP contribution in [0.2, 0.25) is 5.02 Å². The lowest BCUT2D eigenvalue weighted by atomic mass is 9.98. The van der Waals surface area contributed by atoms with E-state index >= 15 is 0 Å². The molecule has 0 radical (unpaired) electrons. The van der Waals surface area contributed by atoms with Crippen molar-refractivity contribution in [3.8, 4) is 11.5 Å². The van der Waals surface area contributed by atoms with Crippen LogP contribution < -0.4 is 14.8 Å². The number of amides is 1. The summed E-state index contributed by atoms with van der Waals surface area (Å²) in [5, 5.41) is 6.58. The zero-order chi connectivity index (χ0) is 23.9. The molecule has 1 amide bonds. The number of primary sulfonamides is 1. The first kappa shape index (κ1) is 22.3. The Balaban J connectivity index is 1.37. The Morgan fingerprint density at radius 2 is 1.82 bits per heavy atom. The molecule has 1 saturated heterocycles. The normalized spacial score (nSPS) is 16.2. The van der Waals surface area contributed by atoms with E-state index < -0.39 is 10.0 Å². The number of aromatic nitrogens is 1. The molecule has 7 nitrogen and oxygen atoms in total. The first-order valence-corrected chi connectivity index (χ1v) is 12.5. The zero-order valence-electron chi connectivity index (χ0n) is 17.9. The third kappa shape index (κ3) is 4.48. The fraction of sp³-hybridized carbons (Fsp3) is 0.120. The minimum absolute atomic E-state index is 0.00316. The quantitative estimate of drug-likeness (QED) is 0.428. The Morgan fingerprint density at radius 1 is 1.03 bits per heavy atom. The molecule has 2 N–H and O–H groups in total. The maximum atomic E-state index is 12.7. The summed E-state index contributed by atoms with van der Waals surface area (Å²) < 4.78 is 29.1. The van der Waals surface area contributed by atoms with E-state index in [2.05, 4.69) is 4.98 Å². The standard InChI is InChI=1S/C25H20ClN3O4S/c26-22-9-3-16(13-24(22)33-20-6-10-23-17(12-20)2-1-11-28-23)18-14-25(30)29(15-18)19-4-7-21(8-5-19)34(27,31)32/h1-13,18H,14-15H2,(H2,27,31,32)/t18-/m0/s1. The Labute approximate surface area is 201 Å². The fourth-order valence-corrected chi connectivity index (χ4v) is 4.76. The van der Waals surface area contributed by atoms with E-state index in [1.165, 1.54) is 12.1 Å². The van der Waals surface area contributed by atoms with Gasteiger partial charge in [0.1, 0.15) is 11.5 Å². The Bertz CT molecular complexity index is 1510. The van der Waals surface area contributed by atoms with Gasteiger partial charge in [-0.3, -0.25) is 9.78 Å². The maximum Gasteiger partial charge on any atom is 0.238 e. The van der Waals surface area contributed by atoms with Crippen LogP contribution >= 0.6 is 11.6 Å². The second kappa shape index (κ2) is 8.72. The molecule has 5 rings (SSSR count). The van der Waals surface area contributed by atoms with E-state index in [0.29, 0.717) is 35.2 Å². The number of carbonyl (C=O) groups is 1. The van der Waals surface area contributed by atoms with Crippen LogP contribution in [0.15, 0.2) is 83.9 Å². The van der Waals surface area contributed by atoms with E-state index in [0.717, 1.165) is 16.5 Å². The summed E-state index contributed by atoms with van der Waals surface area (Å²) in [4.78, 5) is 18.7. The predicted octanol–water partition coefficient (Wildman–Crippen LogP) is 4.85. The number of nitrogens with zero attached hydrogens (tertiary/aromatic N) is 2. The fourth-order valence-electron chi connectivity index (χ4n) is 4.09. The van der Waals surface area contributed by atoms with Gasteiger partial charge in [0.15, 0.2) is 0 Å². The highest BCUT2D eigenvalue weighted by atomic mass is 35.5. The second-order valence-corrected chi connectivity index (χ2v) is 10.1. The van der Waals surface area contributed by atoms with Crippen LogP contribution in [-0.4, -0.2) is 25.9 Å². The van der Waals surface area contributed by atoms with Crippen LogP contribution in [0.3, 0.4) is 0 Å². The molecule has 1 fully saturated rings. The van der Waals surface area contributed by atoms with Gasteiger partial charge in [0.05, 0.1) is 15.4 Å². The van der Waals surface area contributed by atoms with Crippen molar-refractivity contribution in [2.24, 2.45) is 5.14 Å². The molecule has 0 aliphatic carbocycles. The molecule has 0 bridgehead atoms. The van der Waals surface area contributed by atoms with Crippen molar-refractivity contribution in [1.29, 1.82) is 0 Å². The van der Waals surface area contributed by atoms with Gasteiger partial charge in [-0.05, 0) is 66.2 Å². The minimum Gasteiger partial charge on any atom is -0.456 e. The van der Waals surface area contributed by atoms with Crippen LogP contribution in [0.25, 0.3) is 10.9 Å². The molecule has 2 heterocycles. The first-order valence-electron chi connectivity index (χ1n) is 10.5. The predicted molar refractivity (Wildman–Crippen MR) is 131 cm³/mol. The lowest BCUT2D eigenvalue weighted by Gasteiger charge is -2.18. The number of halogens is 1. The summed E-state index contributed by atoms with van der Waals surface area (Å²) >= 11 is 6.40. The van der Waals surface area contributed by atoms with Gasteiger partial charge in [-0.25, -0.2) is 13.6 Å². The summed E-state index contributed by atoms with van der Waals surface area (Å²) in [5.74, 6) is 1.03. The highest BCUT2D eigenvalue weighted by Gasteiger charge is 2.32.